The van der Waals surface area contributed by atoms with Crippen LogP contribution in [-0.2, 0) is 6.54 Å². The van der Waals surface area contributed by atoms with Crippen LogP contribution in [0.15, 0.2) is 21.9 Å². The highest BCUT2D eigenvalue weighted by Crippen LogP contribution is 2.22. The first kappa shape index (κ1) is 14.1. The average molecular weight is 302 g/mol. The first-order valence-corrected chi connectivity index (χ1v) is 8.01. The Labute approximate surface area is 128 Å². The van der Waals surface area contributed by atoms with Crippen LogP contribution in [0.25, 0.3) is 0 Å². The number of thiazole rings is 1. The highest BCUT2D eigenvalue weighted by Gasteiger charge is 2.18. The van der Waals surface area contributed by atoms with E-state index in [9.17, 15) is 0 Å². The number of hydrogen-bond acceptors (Lipinski definition) is 6. The zero-order chi connectivity index (χ0) is 14.7. The Hall–Kier alpha value is -1.84. The van der Waals surface area contributed by atoms with Crippen molar-refractivity contribution >= 4 is 16.5 Å². The van der Waals surface area contributed by atoms with Gasteiger partial charge in [0.2, 0.25) is 5.76 Å². The maximum Gasteiger partial charge on any atom is 0.203 e. The van der Waals surface area contributed by atoms with E-state index >= 15 is 0 Å². The summed E-state index contributed by atoms with van der Waals surface area (Å²) in [5, 5.41) is 12.0. The monoisotopic (exact) mass is 302 g/mol. The second-order valence-electron chi connectivity index (χ2n) is 5.27. The van der Waals surface area contributed by atoms with Crippen molar-refractivity contribution in [3.63, 3.8) is 0 Å². The number of aromatic nitrogens is 1. The summed E-state index contributed by atoms with van der Waals surface area (Å²) in [6, 6.07) is 5.66. The second-order valence-corrected chi connectivity index (χ2v) is 6.10. The number of anilines is 1. The molecule has 2 aromatic rings. The third-order valence-electron chi connectivity index (χ3n) is 3.62. The van der Waals surface area contributed by atoms with Crippen LogP contribution in [0.4, 0.5) is 5.13 Å². The van der Waals surface area contributed by atoms with Crippen molar-refractivity contribution in [3.8, 4) is 6.07 Å². The van der Waals surface area contributed by atoms with Gasteiger partial charge in [-0.1, -0.05) is 0 Å². The summed E-state index contributed by atoms with van der Waals surface area (Å²) in [7, 11) is 0. The van der Waals surface area contributed by atoms with E-state index in [1.807, 2.05) is 19.1 Å². The van der Waals surface area contributed by atoms with Crippen molar-refractivity contribution in [2.24, 2.45) is 0 Å². The lowest BCUT2D eigenvalue weighted by Gasteiger charge is -2.20. The molecule has 3 heterocycles. The lowest BCUT2D eigenvalue weighted by atomic mass is 10.3. The summed E-state index contributed by atoms with van der Waals surface area (Å²) in [6.07, 6.45) is 1.12. The van der Waals surface area contributed by atoms with E-state index in [-0.39, 0.29) is 0 Å². The van der Waals surface area contributed by atoms with Crippen molar-refractivity contribution in [2.45, 2.75) is 19.9 Å². The average Bonchev–Trinajstić information content (AvgIpc) is 3.04. The van der Waals surface area contributed by atoms with E-state index < -0.39 is 0 Å². The molecule has 0 unspecified atom stereocenters. The topological polar surface area (TPSA) is 56.3 Å². The van der Waals surface area contributed by atoms with Gasteiger partial charge in [-0.2, -0.15) is 5.26 Å². The van der Waals surface area contributed by atoms with Crippen LogP contribution in [0.2, 0.25) is 0 Å². The molecule has 0 saturated carbocycles. The number of aryl methyl sites for hydroxylation is 1. The normalized spacial score (nSPS) is 16.7. The van der Waals surface area contributed by atoms with Gasteiger partial charge in [0, 0.05) is 31.6 Å². The number of nitriles is 1. The largest absolute Gasteiger partial charge is 0.449 e. The van der Waals surface area contributed by atoms with Crippen LogP contribution in [0.5, 0.6) is 0 Å². The van der Waals surface area contributed by atoms with Gasteiger partial charge in [-0.05, 0) is 25.5 Å². The van der Waals surface area contributed by atoms with Gasteiger partial charge in [0.15, 0.2) is 5.13 Å². The maximum atomic E-state index is 8.79. The molecule has 0 aromatic carbocycles. The molecule has 1 fully saturated rings. The van der Waals surface area contributed by atoms with Gasteiger partial charge in [-0.3, -0.25) is 4.90 Å². The standard InChI is InChI=1S/C15H18N4OS/c1-12-11-21-15(17-12)19-6-2-5-18(7-8-19)10-14-4-3-13(9-16)20-14/h3-4,11H,2,5-8,10H2,1H3. The molecule has 3 rings (SSSR count). The highest BCUT2D eigenvalue weighted by molar-refractivity contribution is 7.13. The van der Waals surface area contributed by atoms with Crippen LogP contribution in [0.3, 0.4) is 0 Å². The molecule has 110 valence electrons. The fourth-order valence-electron chi connectivity index (χ4n) is 2.55. The van der Waals surface area contributed by atoms with E-state index in [1.165, 1.54) is 0 Å². The van der Waals surface area contributed by atoms with Gasteiger partial charge in [0.25, 0.3) is 0 Å². The molecular weight excluding hydrogens is 284 g/mol. The van der Waals surface area contributed by atoms with E-state index in [1.54, 1.807) is 17.4 Å². The lowest BCUT2D eigenvalue weighted by molar-refractivity contribution is 0.259. The minimum absolute atomic E-state index is 0.389. The van der Waals surface area contributed by atoms with E-state index in [4.69, 9.17) is 9.68 Å². The van der Waals surface area contributed by atoms with Gasteiger partial charge in [-0.15, -0.1) is 11.3 Å². The van der Waals surface area contributed by atoms with Crippen LogP contribution < -0.4 is 4.90 Å². The van der Waals surface area contributed by atoms with Crippen LogP contribution in [0.1, 0.15) is 23.6 Å². The molecule has 0 aliphatic carbocycles. The van der Waals surface area contributed by atoms with Crippen molar-refractivity contribution in [3.05, 3.63) is 34.7 Å². The predicted octanol–water partition coefficient (Wildman–Crippen LogP) is 2.63. The molecule has 0 radical (unpaired) electrons. The molecule has 0 atom stereocenters. The van der Waals surface area contributed by atoms with Crippen LogP contribution in [0, 0.1) is 18.3 Å². The fourth-order valence-corrected chi connectivity index (χ4v) is 3.41. The van der Waals surface area contributed by atoms with E-state index in [0.29, 0.717) is 5.76 Å². The Morgan fingerprint density at radius 3 is 2.95 bits per heavy atom. The molecule has 5 nitrogen and oxygen atoms in total. The quantitative estimate of drug-likeness (QED) is 0.872. The van der Waals surface area contributed by atoms with Crippen molar-refractivity contribution in [1.29, 1.82) is 5.26 Å². The van der Waals surface area contributed by atoms with Gasteiger partial charge in [0.05, 0.1) is 12.2 Å². The SMILES string of the molecule is Cc1csc(N2CCCN(Cc3ccc(C#N)o3)CC2)n1. The first-order valence-electron chi connectivity index (χ1n) is 7.13. The van der Waals surface area contributed by atoms with Crippen molar-refractivity contribution in [2.75, 3.05) is 31.1 Å². The zero-order valence-electron chi connectivity index (χ0n) is 12.1. The van der Waals surface area contributed by atoms with Crippen LogP contribution in [-0.4, -0.2) is 36.1 Å². The maximum absolute atomic E-state index is 8.79. The number of rotatable bonds is 3. The number of nitrogens with zero attached hydrogens (tertiary/aromatic N) is 4. The van der Waals surface area contributed by atoms with Gasteiger partial charge < -0.3 is 9.32 Å². The smallest absolute Gasteiger partial charge is 0.203 e. The summed E-state index contributed by atoms with van der Waals surface area (Å²) in [6.45, 7) is 6.87. The zero-order valence-corrected chi connectivity index (χ0v) is 12.9. The molecule has 0 bridgehead atoms. The Morgan fingerprint density at radius 2 is 2.24 bits per heavy atom. The Balaban J connectivity index is 1.59. The summed E-state index contributed by atoms with van der Waals surface area (Å²) in [4.78, 5) is 9.31. The third kappa shape index (κ3) is 3.43. The predicted molar refractivity (Wildman–Crippen MR) is 82.4 cm³/mol. The van der Waals surface area contributed by atoms with Crippen LogP contribution >= 0.6 is 11.3 Å². The first-order chi connectivity index (χ1) is 10.2. The minimum atomic E-state index is 0.389. The van der Waals surface area contributed by atoms with Crippen molar-refractivity contribution in [1.82, 2.24) is 9.88 Å². The summed E-state index contributed by atoms with van der Waals surface area (Å²) in [5.74, 6) is 1.25. The van der Waals surface area contributed by atoms with Gasteiger partial charge in [0.1, 0.15) is 11.8 Å². The van der Waals surface area contributed by atoms with E-state index in [2.05, 4.69) is 20.2 Å². The summed E-state index contributed by atoms with van der Waals surface area (Å²) in [5.41, 5.74) is 1.09. The van der Waals surface area contributed by atoms with Gasteiger partial charge in [-0.25, -0.2) is 4.98 Å². The van der Waals surface area contributed by atoms with Gasteiger partial charge >= 0.3 is 0 Å². The molecule has 1 saturated heterocycles. The van der Waals surface area contributed by atoms with Crippen molar-refractivity contribution < 1.29 is 4.42 Å². The molecule has 0 N–H and O–H groups in total. The molecule has 6 heteroatoms. The molecule has 1 aliphatic heterocycles. The molecule has 21 heavy (non-hydrogen) atoms. The number of hydrogen-bond donors (Lipinski definition) is 0. The number of furan rings is 1. The highest BCUT2D eigenvalue weighted by atomic mass is 32.1. The fraction of sp³-hybridized carbons (Fsp3) is 0.467. The molecule has 0 amide bonds. The molecule has 1 aliphatic rings. The lowest BCUT2D eigenvalue weighted by Crippen LogP contribution is -2.30. The Morgan fingerprint density at radius 1 is 1.33 bits per heavy atom. The third-order valence-corrected chi connectivity index (χ3v) is 4.64. The summed E-state index contributed by atoms with van der Waals surface area (Å²) >= 11 is 1.72. The van der Waals surface area contributed by atoms with E-state index in [0.717, 1.165) is 55.7 Å². The molecule has 2 aromatic heterocycles. The second kappa shape index (κ2) is 6.29. The Bertz CT molecular complexity index is 642. The minimum Gasteiger partial charge on any atom is -0.449 e. The summed E-state index contributed by atoms with van der Waals surface area (Å²) < 4.78 is 5.46. The molecular formula is C15H18N4OS. The Kier molecular flexibility index (Phi) is 4.23. The molecule has 0 spiro atoms.